The Labute approximate surface area is 202 Å². The average Bonchev–Trinajstić information content (AvgIpc) is 2.76. The predicted octanol–water partition coefficient (Wildman–Crippen LogP) is 8.46. The predicted molar refractivity (Wildman–Crippen MR) is 142 cm³/mol. The molecule has 0 saturated heterocycles. The van der Waals surface area contributed by atoms with Crippen LogP contribution >= 0.6 is 0 Å². The molecule has 3 aromatic rings. The Morgan fingerprint density at radius 1 is 0.727 bits per heavy atom. The van der Waals surface area contributed by atoms with E-state index in [1.54, 1.807) is 0 Å². The van der Waals surface area contributed by atoms with Gasteiger partial charge >= 0.3 is 0 Å². The van der Waals surface area contributed by atoms with Crippen LogP contribution in [0.2, 0.25) is 0 Å². The molecule has 3 rings (SSSR count). The summed E-state index contributed by atoms with van der Waals surface area (Å²) in [6.45, 7) is 17.4. The molecule has 1 unspecified atom stereocenters. The second-order valence-corrected chi connectivity index (χ2v) is 12.0. The molecule has 3 heteroatoms. The van der Waals surface area contributed by atoms with Gasteiger partial charge in [-0.2, -0.15) is 0 Å². The van der Waals surface area contributed by atoms with Gasteiger partial charge in [-0.15, -0.1) is 0 Å². The largest absolute Gasteiger partial charge is 0.388 e. The number of rotatable bonds is 8. The molecule has 3 aromatic carbocycles. The van der Waals surface area contributed by atoms with Crippen molar-refractivity contribution in [2.45, 2.75) is 95.5 Å². The minimum Gasteiger partial charge on any atom is -0.388 e. The van der Waals surface area contributed by atoms with E-state index in [4.69, 9.17) is 0 Å². The van der Waals surface area contributed by atoms with Crippen LogP contribution in [0.15, 0.2) is 58.3 Å². The molecular formula is C30H40O2S. The van der Waals surface area contributed by atoms with E-state index in [0.717, 1.165) is 37.3 Å². The molecule has 2 nitrogen and oxygen atoms in total. The number of aliphatic hydroxyl groups is 1. The first-order chi connectivity index (χ1) is 15.5. The van der Waals surface area contributed by atoms with E-state index in [9.17, 15) is 9.32 Å². The first kappa shape index (κ1) is 25.6. The molecule has 33 heavy (non-hydrogen) atoms. The van der Waals surface area contributed by atoms with E-state index in [1.807, 2.05) is 30.3 Å². The molecule has 0 bridgehead atoms. The summed E-state index contributed by atoms with van der Waals surface area (Å²) in [7, 11) is -1.41. The molecule has 0 saturated carbocycles. The molecule has 0 aromatic heterocycles. The van der Waals surface area contributed by atoms with Gasteiger partial charge in [0.2, 0.25) is 0 Å². The second-order valence-electron chi connectivity index (χ2n) is 10.6. The lowest BCUT2D eigenvalue weighted by Crippen LogP contribution is -2.12. The Balaban J connectivity index is 2.36. The highest BCUT2D eigenvalue weighted by atomic mass is 32.2. The monoisotopic (exact) mass is 464 g/mol. The normalized spacial score (nSPS) is 14.1. The van der Waals surface area contributed by atoms with Crippen molar-refractivity contribution in [3.8, 4) is 0 Å². The third kappa shape index (κ3) is 5.41. The number of benzene rings is 3. The topological polar surface area (TPSA) is 37.3 Å². The molecule has 2 atom stereocenters. The van der Waals surface area contributed by atoms with Crippen molar-refractivity contribution in [2.24, 2.45) is 5.92 Å². The first-order valence-corrected chi connectivity index (χ1v) is 13.5. The standard InChI is InChI=1S/C30H40O2S/c1-18(2)15-28(31)25-14-13-22-11-9-10-12-24(22)29(25)33(32)30-26(20(5)6)16-23(19(3)4)17-27(30)21(7)8/h9-14,16-21,28,31H,15H2,1-8H3/t28-,33?/m0/s1. The van der Waals surface area contributed by atoms with Crippen LogP contribution in [0.4, 0.5) is 0 Å². The average molecular weight is 465 g/mol. The number of fused-ring (bicyclic) bond motifs is 1. The van der Waals surface area contributed by atoms with E-state index in [1.165, 1.54) is 5.56 Å². The summed E-state index contributed by atoms with van der Waals surface area (Å²) in [5.41, 5.74) is 4.39. The highest BCUT2D eigenvalue weighted by Crippen LogP contribution is 2.40. The van der Waals surface area contributed by atoms with E-state index in [0.29, 0.717) is 18.3 Å². The van der Waals surface area contributed by atoms with Gasteiger partial charge in [0.25, 0.3) is 0 Å². The van der Waals surface area contributed by atoms with Gasteiger partial charge in [-0.3, -0.25) is 0 Å². The lowest BCUT2D eigenvalue weighted by molar-refractivity contribution is 0.148. The fourth-order valence-electron chi connectivity index (χ4n) is 4.51. The zero-order valence-electron chi connectivity index (χ0n) is 21.5. The molecule has 0 heterocycles. The van der Waals surface area contributed by atoms with Crippen LogP contribution in [0.25, 0.3) is 10.8 Å². The summed E-state index contributed by atoms with van der Waals surface area (Å²) in [4.78, 5) is 1.70. The Morgan fingerprint density at radius 3 is 1.82 bits per heavy atom. The minimum absolute atomic E-state index is 0.249. The maximum absolute atomic E-state index is 14.6. The summed E-state index contributed by atoms with van der Waals surface area (Å²) in [6.07, 6.45) is -0.00314. The van der Waals surface area contributed by atoms with Crippen molar-refractivity contribution in [1.29, 1.82) is 0 Å². The highest BCUT2D eigenvalue weighted by molar-refractivity contribution is 7.85. The fourth-order valence-corrected chi connectivity index (χ4v) is 6.53. The maximum Gasteiger partial charge on any atom is 0.0865 e. The van der Waals surface area contributed by atoms with Crippen LogP contribution < -0.4 is 0 Å². The van der Waals surface area contributed by atoms with Crippen LogP contribution in [0.5, 0.6) is 0 Å². The van der Waals surface area contributed by atoms with E-state index in [2.05, 4.69) is 73.6 Å². The Bertz CT molecular complexity index is 1110. The lowest BCUT2D eigenvalue weighted by atomic mass is 9.89. The fraction of sp³-hybridized carbons (Fsp3) is 0.467. The van der Waals surface area contributed by atoms with Crippen LogP contribution in [0, 0.1) is 5.92 Å². The van der Waals surface area contributed by atoms with Gasteiger partial charge in [0.15, 0.2) is 0 Å². The molecular weight excluding hydrogens is 424 g/mol. The van der Waals surface area contributed by atoms with Crippen LogP contribution in [0.3, 0.4) is 0 Å². The molecule has 0 fully saturated rings. The summed E-state index contributed by atoms with van der Waals surface area (Å²) in [5.74, 6) is 1.25. The molecule has 0 aliphatic carbocycles. The van der Waals surface area contributed by atoms with Crippen molar-refractivity contribution in [3.05, 3.63) is 70.8 Å². The summed E-state index contributed by atoms with van der Waals surface area (Å²) in [5, 5.41) is 13.2. The number of aliphatic hydroxyl groups excluding tert-OH is 1. The lowest BCUT2D eigenvalue weighted by Gasteiger charge is -2.25. The van der Waals surface area contributed by atoms with Gasteiger partial charge < -0.3 is 5.11 Å². The molecule has 0 radical (unpaired) electrons. The van der Waals surface area contributed by atoms with E-state index >= 15 is 0 Å². The molecule has 1 N–H and O–H groups in total. The highest BCUT2D eigenvalue weighted by Gasteiger charge is 2.27. The third-order valence-electron chi connectivity index (χ3n) is 6.41. The smallest absolute Gasteiger partial charge is 0.0865 e. The van der Waals surface area contributed by atoms with Gasteiger partial charge in [-0.25, -0.2) is 4.21 Å². The zero-order chi connectivity index (χ0) is 24.4. The van der Waals surface area contributed by atoms with Gasteiger partial charge in [-0.1, -0.05) is 104 Å². The second kappa shape index (κ2) is 10.5. The van der Waals surface area contributed by atoms with Gasteiger partial charge in [0.1, 0.15) is 0 Å². The van der Waals surface area contributed by atoms with Gasteiger partial charge in [0, 0.05) is 0 Å². The third-order valence-corrected chi connectivity index (χ3v) is 8.08. The van der Waals surface area contributed by atoms with E-state index in [-0.39, 0.29) is 11.8 Å². The molecule has 0 aliphatic rings. The maximum atomic E-state index is 14.6. The first-order valence-electron chi connectivity index (χ1n) is 12.3. The molecule has 0 amide bonds. The van der Waals surface area contributed by atoms with Gasteiger partial charge in [0.05, 0.1) is 26.7 Å². The Hall–Kier alpha value is -1.97. The van der Waals surface area contributed by atoms with Crippen molar-refractivity contribution >= 4 is 21.6 Å². The number of hydrogen-bond donors (Lipinski definition) is 1. The molecule has 178 valence electrons. The van der Waals surface area contributed by atoms with Gasteiger partial charge in [-0.05, 0) is 63.1 Å². The van der Waals surface area contributed by atoms with Crippen LogP contribution in [0.1, 0.15) is 108 Å². The summed E-state index contributed by atoms with van der Waals surface area (Å²) >= 11 is 0. The molecule has 0 aliphatic heterocycles. The number of hydrogen-bond acceptors (Lipinski definition) is 2. The summed E-state index contributed by atoms with van der Waals surface area (Å²) in [6, 6.07) is 16.6. The van der Waals surface area contributed by atoms with Crippen molar-refractivity contribution in [1.82, 2.24) is 0 Å². The van der Waals surface area contributed by atoms with Crippen LogP contribution in [-0.4, -0.2) is 9.32 Å². The van der Waals surface area contributed by atoms with Crippen molar-refractivity contribution in [2.75, 3.05) is 0 Å². The SMILES string of the molecule is CC(C)C[C@H](O)c1ccc2ccccc2c1S(=O)c1c(C(C)C)cc(C(C)C)cc1C(C)C. The van der Waals surface area contributed by atoms with E-state index < -0.39 is 16.9 Å². The minimum atomic E-state index is -1.41. The molecule has 0 spiro atoms. The van der Waals surface area contributed by atoms with Crippen LogP contribution in [-0.2, 0) is 10.8 Å². The quantitative estimate of drug-likeness (QED) is 0.363. The zero-order valence-corrected chi connectivity index (χ0v) is 22.3. The Morgan fingerprint density at radius 2 is 1.30 bits per heavy atom. The Kier molecular flexibility index (Phi) is 8.18. The van der Waals surface area contributed by atoms with Crippen molar-refractivity contribution < 1.29 is 9.32 Å². The summed E-state index contributed by atoms with van der Waals surface area (Å²) < 4.78 is 14.6. The van der Waals surface area contributed by atoms with Crippen molar-refractivity contribution in [3.63, 3.8) is 0 Å².